The number of benzene rings is 2. The molecule has 0 atom stereocenters. The summed E-state index contributed by atoms with van der Waals surface area (Å²) in [4.78, 5) is 28.5. The van der Waals surface area contributed by atoms with Crippen molar-refractivity contribution in [3.05, 3.63) is 75.4 Å². The Hall–Kier alpha value is -2.92. The van der Waals surface area contributed by atoms with Crippen LogP contribution in [0.3, 0.4) is 0 Å². The van der Waals surface area contributed by atoms with Gasteiger partial charge in [0.2, 0.25) is 0 Å². The maximum Gasteiger partial charge on any atom is 0.268 e. The molecular formula is C23H22N2O2S. The Morgan fingerprint density at radius 2 is 1.75 bits per heavy atom. The van der Waals surface area contributed by atoms with Crippen molar-refractivity contribution in [1.29, 1.82) is 0 Å². The van der Waals surface area contributed by atoms with Crippen molar-refractivity contribution in [3.63, 3.8) is 0 Å². The van der Waals surface area contributed by atoms with Crippen LogP contribution in [0.15, 0.2) is 59.4 Å². The van der Waals surface area contributed by atoms with Gasteiger partial charge in [-0.05, 0) is 37.1 Å². The van der Waals surface area contributed by atoms with Crippen LogP contribution in [0.25, 0.3) is 21.0 Å². The lowest BCUT2D eigenvalue weighted by Gasteiger charge is -2.19. The molecule has 0 saturated carbocycles. The lowest BCUT2D eigenvalue weighted by molar-refractivity contribution is 0.0996. The highest BCUT2D eigenvalue weighted by Gasteiger charge is 2.21. The number of hydrogen-bond acceptors (Lipinski definition) is 3. The van der Waals surface area contributed by atoms with E-state index in [1.807, 2.05) is 55.5 Å². The van der Waals surface area contributed by atoms with Crippen LogP contribution in [-0.2, 0) is 13.0 Å². The number of rotatable bonds is 4. The fourth-order valence-corrected chi connectivity index (χ4v) is 4.90. The number of amides is 1. The molecule has 2 aromatic carbocycles. The maximum atomic E-state index is 13.2. The Labute approximate surface area is 167 Å². The van der Waals surface area contributed by atoms with Crippen LogP contribution >= 0.6 is 11.3 Å². The number of fused-ring (bicyclic) bond motifs is 3. The van der Waals surface area contributed by atoms with E-state index < -0.39 is 0 Å². The van der Waals surface area contributed by atoms with Crippen molar-refractivity contribution in [1.82, 2.24) is 4.57 Å². The van der Waals surface area contributed by atoms with Crippen LogP contribution < -0.4 is 10.5 Å². The van der Waals surface area contributed by atoms with Crippen LogP contribution in [0.2, 0.25) is 0 Å². The number of carbonyl (C=O) groups is 1. The number of aromatic nitrogens is 1. The number of carbonyl (C=O) groups excluding carboxylic acids is 1. The first-order valence-electron chi connectivity index (χ1n) is 9.47. The summed E-state index contributed by atoms with van der Waals surface area (Å²) in [7, 11) is 1.80. The van der Waals surface area contributed by atoms with E-state index in [1.54, 1.807) is 22.6 Å². The topological polar surface area (TPSA) is 42.3 Å². The van der Waals surface area contributed by atoms with Crippen LogP contribution in [0.4, 0.5) is 5.69 Å². The Balaban J connectivity index is 1.88. The number of hydrogen-bond donors (Lipinski definition) is 0. The molecule has 0 aliphatic rings. The van der Waals surface area contributed by atoms with Crippen molar-refractivity contribution in [2.24, 2.45) is 0 Å². The molecule has 0 aliphatic carbocycles. The van der Waals surface area contributed by atoms with E-state index in [0.29, 0.717) is 16.8 Å². The maximum absolute atomic E-state index is 13.2. The number of nitrogens with zero attached hydrogens (tertiary/aromatic N) is 2. The summed E-state index contributed by atoms with van der Waals surface area (Å²) < 4.78 is 2.65. The van der Waals surface area contributed by atoms with Gasteiger partial charge in [0.25, 0.3) is 11.5 Å². The van der Waals surface area contributed by atoms with Crippen molar-refractivity contribution in [2.45, 2.75) is 26.8 Å². The summed E-state index contributed by atoms with van der Waals surface area (Å²) in [6.45, 7) is 4.64. The van der Waals surface area contributed by atoms with Gasteiger partial charge in [-0.15, -0.1) is 11.3 Å². The number of thiophene rings is 1. The van der Waals surface area contributed by atoms with E-state index in [-0.39, 0.29) is 11.5 Å². The standard InChI is InChI=1S/C23H22N2O2S/c1-4-15-10-6-8-12-18(15)24(3)23(27)20-14-17-21(28-20)16-11-7-9-13-19(16)25(5-2)22(17)26/h6-14H,4-5H2,1-3H3. The third-order valence-corrected chi connectivity index (χ3v) is 6.37. The Bertz CT molecular complexity index is 1250. The van der Waals surface area contributed by atoms with Gasteiger partial charge in [0.1, 0.15) is 0 Å². The first kappa shape index (κ1) is 18.4. The van der Waals surface area contributed by atoms with Gasteiger partial charge < -0.3 is 9.47 Å². The largest absolute Gasteiger partial charge is 0.310 e. The minimum atomic E-state index is -0.0892. The molecule has 2 heterocycles. The van der Waals surface area contributed by atoms with Gasteiger partial charge in [-0.3, -0.25) is 9.59 Å². The molecule has 0 spiro atoms. The lowest BCUT2D eigenvalue weighted by Crippen LogP contribution is -2.26. The highest BCUT2D eigenvalue weighted by Crippen LogP contribution is 2.32. The number of anilines is 1. The number of pyridine rings is 1. The van der Waals surface area contributed by atoms with Gasteiger partial charge in [-0.1, -0.05) is 43.3 Å². The van der Waals surface area contributed by atoms with Crippen LogP contribution in [0.1, 0.15) is 29.1 Å². The highest BCUT2D eigenvalue weighted by molar-refractivity contribution is 7.21. The summed E-state index contributed by atoms with van der Waals surface area (Å²) in [5, 5.41) is 1.63. The second-order valence-electron chi connectivity index (χ2n) is 6.77. The van der Waals surface area contributed by atoms with Gasteiger partial charge in [-0.25, -0.2) is 0 Å². The summed E-state index contributed by atoms with van der Waals surface area (Å²) in [5.41, 5.74) is 2.90. The normalized spacial score (nSPS) is 11.2. The number of para-hydroxylation sites is 2. The second kappa shape index (κ2) is 7.24. The van der Waals surface area contributed by atoms with Gasteiger partial charge in [0.05, 0.1) is 15.8 Å². The molecular weight excluding hydrogens is 368 g/mol. The third kappa shape index (κ3) is 2.83. The smallest absolute Gasteiger partial charge is 0.268 e. The highest BCUT2D eigenvalue weighted by atomic mass is 32.1. The molecule has 0 unspecified atom stereocenters. The summed E-state index contributed by atoms with van der Waals surface area (Å²) in [5.74, 6) is -0.0892. The molecule has 28 heavy (non-hydrogen) atoms. The van der Waals surface area contributed by atoms with Crippen LogP contribution in [0, 0.1) is 0 Å². The Morgan fingerprint density at radius 3 is 2.50 bits per heavy atom. The lowest BCUT2D eigenvalue weighted by atomic mass is 10.1. The zero-order valence-corrected chi connectivity index (χ0v) is 17.0. The van der Waals surface area contributed by atoms with Crippen molar-refractivity contribution >= 4 is 43.9 Å². The minimum absolute atomic E-state index is 0.0388. The summed E-state index contributed by atoms with van der Waals surface area (Å²) >= 11 is 1.40. The summed E-state index contributed by atoms with van der Waals surface area (Å²) in [6.07, 6.45) is 0.853. The molecule has 4 rings (SSSR count). The second-order valence-corrected chi connectivity index (χ2v) is 7.82. The Kier molecular flexibility index (Phi) is 4.77. The zero-order chi connectivity index (χ0) is 19.8. The van der Waals surface area contributed by atoms with Gasteiger partial charge in [0, 0.05) is 29.4 Å². The van der Waals surface area contributed by atoms with E-state index in [1.165, 1.54) is 11.3 Å². The SMILES string of the molecule is CCc1ccccc1N(C)C(=O)c1cc2c(=O)n(CC)c3ccccc3c2s1. The first-order valence-corrected chi connectivity index (χ1v) is 10.3. The third-order valence-electron chi connectivity index (χ3n) is 5.21. The molecule has 0 aliphatic heterocycles. The Morgan fingerprint density at radius 1 is 1.04 bits per heavy atom. The molecule has 2 aromatic heterocycles. The monoisotopic (exact) mass is 390 g/mol. The quantitative estimate of drug-likeness (QED) is 0.488. The molecule has 1 amide bonds. The molecule has 0 saturated heterocycles. The first-order chi connectivity index (χ1) is 13.6. The van der Waals surface area contributed by atoms with Crippen LogP contribution in [0.5, 0.6) is 0 Å². The van der Waals surface area contributed by atoms with Crippen molar-refractivity contribution in [3.8, 4) is 0 Å². The predicted molar refractivity (Wildman–Crippen MR) is 118 cm³/mol. The molecule has 0 radical (unpaired) electrons. The molecule has 0 bridgehead atoms. The van der Waals surface area contributed by atoms with Gasteiger partial charge >= 0.3 is 0 Å². The zero-order valence-electron chi connectivity index (χ0n) is 16.2. The van der Waals surface area contributed by atoms with Crippen molar-refractivity contribution in [2.75, 3.05) is 11.9 Å². The van der Waals surface area contributed by atoms with Crippen LogP contribution in [-0.4, -0.2) is 17.5 Å². The van der Waals surface area contributed by atoms with E-state index in [4.69, 9.17) is 0 Å². The molecule has 4 aromatic rings. The van der Waals surface area contributed by atoms with Gasteiger partial charge in [0.15, 0.2) is 0 Å². The molecule has 142 valence electrons. The minimum Gasteiger partial charge on any atom is -0.310 e. The fourth-order valence-electron chi connectivity index (χ4n) is 3.74. The molecule has 4 nitrogen and oxygen atoms in total. The predicted octanol–water partition coefficient (Wildman–Crippen LogP) is 5.08. The average molecular weight is 391 g/mol. The van der Waals surface area contributed by atoms with Gasteiger partial charge in [-0.2, -0.15) is 0 Å². The van der Waals surface area contributed by atoms with E-state index >= 15 is 0 Å². The molecule has 0 fully saturated rings. The van der Waals surface area contributed by atoms with Crippen molar-refractivity contribution < 1.29 is 4.79 Å². The van der Waals surface area contributed by atoms with E-state index in [2.05, 4.69) is 6.92 Å². The summed E-state index contributed by atoms with van der Waals surface area (Å²) in [6, 6.07) is 17.6. The average Bonchev–Trinajstić information content (AvgIpc) is 3.19. The van der Waals surface area contributed by atoms with E-state index in [9.17, 15) is 9.59 Å². The van der Waals surface area contributed by atoms with E-state index in [0.717, 1.165) is 33.3 Å². The number of aryl methyl sites for hydroxylation is 2. The fraction of sp³-hybridized carbons (Fsp3) is 0.217. The molecule has 5 heteroatoms. The molecule has 0 N–H and O–H groups in total.